The van der Waals surface area contributed by atoms with E-state index in [9.17, 15) is 8.42 Å². The van der Waals surface area contributed by atoms with Crippen molar-refractivity contribution in [2.24, 2.45) is 11.3 Å². The number of nitrogens with zero attached hydrogens (tertiary/aromatic N) is 2. The number of hydrogen-bond acceptors (Lipinski definition) is 5. The number of likely N-dealkylation sites (N-methyl/N-ethyl adjacent to an activating group) is 1. The molecular formula is C18H28N2O3S2. The summed E-state index contributed by atoms with van der Waals surface area (Å²) in [6, 6.07) is 2.37. The van der Waals surface area contributed by atoms with Gasteiger partial charge < -0.3 is 4.74 Å². The molecule has 140 valence electrons. The van der Waals surface area contributed by atoms with Gasteiger partial charge in [-0.15, -0.1) is 11.3 Å². The number of hydrogen-bond donors (Lipinski definition) is 0. The molecule has 0 bridgehead atoms. The second kappa shape index (κ2) is 6.30. The average molecular weight is 385 g/mol. The lowest BCUT2D eigenvalue weighted by Gasteiger charge is -2.41. The number of aryl methyl sites for hydroxylation is 2. The van der Waals surface area contributed by atoms with Crippen LogP contribution < -0.4 is 0 Å². The van der Waals surface area contributed by atoms with Crippen LogP contribution in [0, 0.1) is 25.2 Å². The Morgan fingerprint density at radius 2 is 2.00 bits per heavy atom. The van der Waals surface area contributed by atoms with Gasteiger partial charge in [-0.3, -0.25) is 4.90 Å². The van der Waals surface area contributed by atoms with Crippen molar-refractivity contribution in [1.82, 2.24) is 9.21 Å². The zero-order valence-corrected chi connectivity index (χ0v) is 17.0. The Balaban J connectivity index is 1.52. The van der Waals surface area contributed by atoms with Gasteiger partial charge in [-0.1, -0.05) is 6.92 Å². The molecule has 0 amide bonds. The number of fused-ring (bicyclic) bond motifs is 2. The van der Waals surface area contributed by atoms with Gasteiger partial charge in [-0.05, 0) is 50.3 Å². The molecule has 1 aromatic heterocycles. The predicted octanol–water partition coefficient (Wildman–Crippen LogP) is 2.49. The summed E-state index contributed by atoms with van der Waals surface area (Å²) < 4.78 is 34.0. The topological polar surface area (TPSA) is 49.9 Å². The highest BCUT2D eigenvalue weighted by molar-refractivity contribution is 7.91. The fraction of sp³-hybridized carbons (Fsp3) is 0.778. The highest BCUT2D eigenvalue weighted by atomic mass is 32.2. The van der Waals surface area contributed by atoms with Gasteiger partial charge in [0.05, 0.1) is 13.2 Å². The van der Waals surface area contributed by atoms with E-state index in [1.54, 1.807) is 4.31 Å². The van der Waals surface area contributed by atoms with E-state index >= 15 is 0 Å². The quantitative estimate of drug-likeness (QED) is 0.803. The van der Waals surface area contributed by atoms with Crippen molar-refractivity contribution in [3.8, 4) is 0 Å². The van der Waals surface area contributed by atoms with Crippen molar-refractivity contribution in [3.05, 3.63) is 16.5 Å². The first-order chi connectivity index (χ1) is 11.9. The summed E-state index contributed by atoms with van der Waals surface area (Å²) in [5.74, 6) is 0.573. The molecule has 3 saturated heterocycles. The molecule has 4 rings (SSSR count). The Bertz CT molecular complexity index is 731. The molecule has 5 nitrogen and oxygen atoms in total. The SMILES string of the molecule is CCN1CC2(CCN(S(=O)(=O)c3cc(C)c(C)s3)CC2)[C@H]2COC[C@H]21. The molecule has 0 N–H and O–H groups in total. The Kier molecular flexibility index (Phi) is 4.52. The molecule has 0 saturated carbocycles. The number of likely N-dealkylation sites (tertiary alicyclic amines) is 1. The van der Waals surface area contributed by atoms with E-state index in [0.29, 0.717) is 29.3 Å². The molecule has 1 spiro atoms. The average Bonchev–Trinajstić information content (AvgIpc) is 3.26. The van der Waals surface area contributed by atoms with E-state index in [4.69, 9.17) is 4.74 Å². The Morgan fingerprint density at radius 1 is 1.28 bits per heavy atom. The number of piperidine rings is 1. The zero-order valence-electron chi connectivity index (χ0n) is 15.3. The second-order valence-electron chi connectivity index (χ2n) is 7.85. The number of ether oxygens (including phenoxy) is 1. The van der Waals surface area contributed by atoms with Crippen LogP contribution >= 0.6 is 11.3 Å². The molecule has 4 heterocycles. The van der Waals surface area contributed by atoms with Crippen molar-refractivity contribution in [2.75, 3.05) is 39.4 Å². The van der Waals surface area contributed by atoms with E-state index in [0.717, 1.165) is 49.6 Å². The van der Waals surface area contributed by atoms with Gasteiger partial charge in [0.15, 0.2) is 0 Å². The number of sulfonamides is 1. The first-order valence-electron chi connectivity index (χ1n) is 9.26. The van der Waals surface area contributed by atoms with Crippen LogP contribution in [0.4, 0.5) is 0 Å². The highest BCUT2D eigenvalue weighted by Crippen LogP contribution is 2.50. The molecule has 7 heteroatoms. The van der Waals surface area contributed by atoms with Crippen molar-refractivity contribution in [1.29, 1.82) is 0 Å². The Labute approximate surface area is 155 Å². The van der Waals surface area contributed by atoms with Gasteiger partial charge in [-0.2, -0.15) is 4.31 Å². The summed E-state index contributed by atoms with van der Waals surface area (Å²) >= 11 is 1.40. The maximum absolute atomic E-state index is 13.0. The third-order valence-electron chi connectivity index (χ3n) is 6.69. The van der Waals surface area contributed by atoms with Crippen molar-refractivity contribution < 1.29 is 13.2 Å². The molecule has 0 radical (unpaired) electrons. The van der Waals surface area contributed by atoms with Gasteiger partial charge in [-0.25, -0.2) is 8.42 Å². The lowest BCUT2D eigenvalue weighted by molar-refractivity contribution is 0.0721. The summed E-state index contributed by atoms with van der Waals surface area (Å²) in [4.78, 5) is 3.64. The van der Waals surface area contributed by atoms with E-state index in [2.05, 4.69) is 11.8 Å². The second-order valence-corrected chi connectivity index (χ2v) is 11.3. The third-order valence-corrected chi connectivity index (χ3v) is 10.2. The summed E-state index contributed by atoms with van der Waals surface area (Å²) in [5, 5.41) is 0. The monoisotopic (exact) mass is 384 g/mol. The van der Waals surface area contributed by atoms with Crippen molar-refractivity contribution in [3.63, 3.8) is 0 Å². The summed E-state index contributed by atoms with van der Waals surface area (Å²) in [6.45, 7) is 11.3. The summed E-state index contributed by atoms with van der Waals surface area (Å²) in [6.07, 6.45) is 1.91. The lowest BCUT2D eigenvalue weighted by atomic mass is 9.70. The smallest absolute Gasteiger partial charge is 0.252 e. The van der Waals surface area contributed by atoms with Crippen LogP contribution in [0.2, 0.25) is 0 Å². The molecular weight excluding hydrogens is 356 g/mol. The molecule has 0 unspecified atom stereocenters. The van der Waals surface area contributed by atoms with Crippen LogP contribution in [0.1, 0.15) is 30.2 Å². The molecule has 0 aromatic carbocycles. The van der Waals surface area contributed by atoms with Crippen molar-refractivity contribution in [2.45, 2.75) is 43.9 Å². The van der Waals surface area contributed by atoms with Gasteiger partial charge in [0.2, 0.25) is 0 Å². The van der Waals surface area contributed by atoms with E-state index in [1.807, 2.05) is 19.9 Å². The molecule has 3 aliphatic heterocycles. The van der Waals surface area contributed by atoms with E-state index < -0.39 is 10.0 Å². The van der Waals surface area contributed by atoms with Crippen LogP contribution in [0.25, 0.3) is 0 Å². The largest absolute Gasteiger partial charge is 0.379 e. The molecule has 25 heavy (non-hydrogen) atoms. The minimum atomic E-state index is -3.34. The number of thiophene rings is 1. The third kappa shape index (κ3) is 2.79. The highest BCUT2D eigenvalue weighted by Gasteiger charge is 2.55. The standard InChI is InChI=1S/C18H28N2O3S2/c1-4-19-12-18(15-10-23-11-16(15)19)5-7-20(8-6-18)25(21,22)17-9-13(2)14(3)24-17/h9,15-16H,4-8,10-12H2,1-3H3/t15-,16+/m0/s1. The number of rotatable bonds is 3. The van der Waals surface area contributed by atoms with Gasteiger partial charge in [0.1, 0.15) is 4.21 Å². The normalized spacial score (nSPS) is 30.2. The lowest BCUT2D eigenvalue weighted by Crippen LogP contribution is -2.46. The van der Waals surface area contributed by atoms with E-state index in [-0.39, 0.29) is 5.41 Å². The maximum atomic E-state index is 13.0. The molecule has 1 aromatic rings. The van der Waals surface area contributed by atoms with Gasteiger partial charge in [0, 0.05) is 36.5 Å². The van der Waals surface area contributed by atoms with E-state index in [1.165, 1.54) is 11.3 Å². The van der Waals surface area contributed by atoms with Gasteiger partial charge in [0.25, 0.3) is 10.0 Å². The first kappa shape index (κ1) is 17.9. The minimum Gasteiger partial charge on any atom is -0.379 e. The van der Waals surface area contributed by atoms with Crippen LogP contribution in [-0.4, -0.2) is 63.1 Å². The van der Waals surface area contributed by atoms with Crippen LogP contribution in [0.15, 0.2) is 10.3 Å². The van der Waals surface area contributed by atoms with Crippen LogP contribution in [0.5, 0.6) is 0 Å². The maximum Gasteiger partial charge on any atom is 0.252 e. The Morgan fingerprint density at radius 3 is 2.60 bits per heavy atom. The Hall–Kier alpha value is -0.470. The van der Waals surface area contributed by atoms with Gasteiger partial charge >= 0.3 is 0 Å². The van der Waals surface area contributed by atoms with Crippen LogP contribution in [0.3, 0.4) is 0 Å². The zero-order chi connectivity index (χ0) is 17.8. The summed E-state index contributed by atoms with van der Waals surface area (Å²) in [5.41, 5.74) is 1.31. The van der Waals surface area contributed by atoms with Crippen molar-refractivity contribution >= 4 is 21.4 Å². The fourth-order valence-corrected chi connectivity index (χ4v) is 8.08. The predicted molar refractivity (Wildman–Crippen MR) is 99.6 cm³/mol. The summed E-state index contributed by atoms with van der Waals surface area (Å²) in [7, 11) is -3.34. The fourth-order valence-electron chi connectivity index (χ4n) is 4.97. The molecule has 2 atom stereocenters. The molecule has 3 fully saturated rings. The minimum absolute atomic E-state index is 0.241. The van der Waals surface area contributed by atoms with Crippen LogP contribution in [-0.2, 0) is 14.8 Å². The first-order valence-corrected chi connectivity index (χ1v) is 11.5. The molecule has 3 aliphatic rings. The molecule has 0 aliphatic carbocycles.